The van der Waals surface area contributed by atoms with Crippen LogP contribution in [0.25, 0.3) is 10.1 Å². The summed E-state index contributed by atoms with van der Waals surface area (Å²) in [4.78, 5) is 25.4. The molecule has 1 aromatic carbocycles. The molecule has 2 N–H and O–H groups in total. The first kappa shape index (κ1) is 21.3. The molecule has 1 fully saturated rings. The van der Waals surface area contributed by atoms with E-state index in [1.165, 1.54) is 11.3 Å². The Hall–Kier alpha value is -2.42. The topological polar surface area (TPSA) is 85.2 Å². The molecule has 0 saturated carbocycles. The SMILES string of the molecule is CCOC(=O)c1cc2cc(NC(=O)[C@H]3CNC[C@@H]3c3cnn(C)c3)ccc2s1.Cl. The van der Waals surface area contributed by atoms with E-state index in [-0.39, 0.29) is 36.1 Å². The molecule has 0 unspecified atom stereocenters. The number of fused-ring (bicyclic) bond motifs is 1. The molecule has 9 heteroatoms. The van der Waals surface area contributed by atoms with Crippen molar-refractivity contribution in [2.45, 2.75) is 12.8 Å². The number of esters is 1. The van der Waals surface area contributed by atoms with Crippen LogP contribution in [0.5, 0.6) is 0 Å². The molecule has 1 aliphatic rings. The molecule has 7 nitrogen and oxygen atoms in total. The third-order valence-corrected chi connectivity index (χ3v) is 6.06. The molecule has 154 valence electrons. The van der Waals surface area contributed by atoms with Crippen molar-refractivity contribution in [3.05, 3.63) is 47.1 Å². The number of carbonyl (C=O) groups is 2. The second-order valence-electron chi connectivity index (χ2n) is 6.89. The van der Waals surface area contributed by atoms with Crippen LogP contribution in [0.3, 0.4) is 0 Å². The van der Waals surface area contributed by atoms with Gasteiger partial charge in [0, 0.05) is 42.6 Å². The molecular formula is C20H23ClN4O3S. The molecule has 3 heterocycles. The average Bonchev–Trinajstić information content (AvgIpc) is 3.40. The Kier molecular flexibility index (Phi) is 6.56. The number of halogens is 1. The largest absolute Gasteiger partial charge is 0.462 e. The number of nitrogens with one attached hydrogen (secondary N) is 2. The van der Waals surface area contributed by atoms with Gasteiger partial charge in [0.2, 0.25) is 5.91 Å². The molecular weight excluding hydrogens is 412 g/mol. The van der Waals surface area contributed by atoms with E-state index in [0.29, 0.717) is 18.0 Å². The molecule has 0 aliphatic carbocycles. The summed E-state index contributed by atoms with van der Waals surface area (Å²) in [6, 6.07) is 7.49. The van der Waals surface area contributed by atoms with Crippen LogP contribution in [-0.4, -0.2) is 41.4 Å². The van der Waals surface area contributed by atoms with Crippen molar-refractivity contribution >= 4 is 51.4 Å². The number of benzene rings is 1. The summed E-state index contributed by atoms with van der Waals surface area (Å²) in [7, 11) is 1.88. The average molecular weight is 435 g/mol. The quantitative estimate of drug-likeness (QED) is 0.602. The van der Waals surface area contributed by atoms with Crippen LogP contribution in [0, 0.1) is 5.92 Å². The lowest BCUT2D eigenvalue weighted by Gasteiger charge is -2.17. The molecule has 2 atom stereocenters. The Labute approximate surface area is 178 Å². The molecule has 4 rings (SSSR count). The second-order valence-corrected chi connectivity index (χ2v) is 7.98. The van der Waals surface area contributed by atoms with Gasteiger partial charge in [-0.05, 0) is 42.1 Å². The summed E-state index contributed by atoms with van der Waals surface area (Å²) in [6.45, 7) is 3.53. The van der Waals surface area contributed by atoms with E-state index in [2.05, 4.69) is 15.7 Å². The van der Waals surface area contributed by atoms with Gasteiger partial charge in [0.05, 0.1) is 18.7 Å². The third-order valence-electron chi connectivity index (χ3n) is 4.96. The Morgan fingerprint density at radius 3 is 2.90 bits per heavy atom. The van der Waals surface area contributed by atoms with Crippen molar-refractivity contribution in [1.82, 2.24) is 15.1 Å². The minimum atomic E-state index is -0.314. The molecule has 29 heavy (non-hydrogen) atoms. The monoisotopic (exact) mass is 434 g/mol. The highest BCUT2D eigenvalue weighted by atomic mass is 35.5. The summed E-state index contributed by atoms with van der Waals surface area (Å²) in [5, 5.41) is 11.5. The highest BCUT2D eigenvalue weighted by Gasteiger charge is 2.34. The minimum absolute atomic E-state index is 0. The van der Waals surface area contributed by atoms with Crippen LogP contribution in [0.4, 0.5) is 5.69 Å². The van der Waals surface area contributed by atoms with Gasteiger partial charge >= 0.3 is 5.97 Å². The van der Waals surface area contributed by atoms with E-state index < -0.39 is 0 Å². The van der Waals surface area contributed by atoms with Crippen molar-refractivity contribution in [3.63, 3.8) is 0 Å². The fraction of sp³-hybridized carbons (Fsp3) is 0.350. The molecule has 0 spiro atoms. The maximum absolute atomic E-state index is 12.9. The van der Waals surface area contributed by atoms with Gasteiger partial charge in [0.25, 0.3) is 0 Å². The van der Waals surface area contributed by atoms with Crippen molar-refractivity contribution in [1.29, 1.82) is 0 Å². The number of nitrogens with zero attached hydrogens (tertiary/aromatic N) is 2. The number of aryl methyl sites for hydroxylation is 1. The van der Waals surface area contributed by atoms with Crippen LogP contribution in [-0.2, 0) is 16.6 Å². The molecule has 0 radical (unpaired) electrons. The number of ether oxygens (including phenoxy) is 1. The molecule has 1 aliphatic heterocycles. The maximum atomic E-state index is 12.9. The molecule has 3 aromatic rings. The summed E-state index contributed by atoms with van der Waals surface area (Å²) in [5.41, 5.74) is 1.79. The lowest BCUT2D eigenvalue weighted by Crippen LogP contribution is -2.28. The van der Waals surface area contributed by atoms with Gasteiger partial charge in [-0.3, -0.25) is 9.48 Å². The predicted molar refractivity (Wildman–Crippen MR) is 116 cm³/mol. The summed E-state index contributed by atoms with van der Waals surface area (Å²) >= 11 is 1.39. The predicted octanol–water partition coefficient (Wildman–Crippen LogP) is 3.18. The van der Waals surface area contributed by atoms with E-state index in [9.17, 15) is 9.59 Å². The van der Waals surface area contributed by atoms with Crippen molar-refractivity contribution < 1.29 is 14.3 Å². The van der Waals surface area contributed by atoms with E-state index in [4.69, 9.17) is 4.74 Å². The number of hydrogen-bond donors (Lipinski definition) is 2. The van der Waals surface area contributed by atoms with Crippen LogP contribution in [0.2, 0.25) is 0 Å². The highest BCUT2D eigenvalue weighted by Crippen LogP contribution is 2.31. The Balaban J connectivity index is 0.00000240. The number of carbonyl (C=O) groups excluding carboxylic acids is 2. The van der Waals surface area contributed by atoms with Gasteiger partial charge in [-0.15, -0.1) is 23.7 Å². The fourth-order valence-corrected chi connectivity index (χ4v) is 4.53. The first-order chi connectivity index (χ1) is 13.5. The molecule has 2 aromatic heterocycles. The van der Waals surface area contributed by atoms with E-state index >= 15 is 0 Å². The van der Waals surface area contributed by atoms with Crippen molar-refractivity contribution in [3.8, 4) is 0 Å². The van der Waals surface area contributed by atoms with Crippen LogP contribution in [0.15, 0.2) is 36.7 Å². The van der Waals surface area contributed by atoms with E-state index in [1.54, 1.807) is 11.6 Å². The van der Waals surface area contributed by atoms with Gasteiger partial charge in [-0.2, -0.15) is 5.10 Å². The first-order valence-electron chi connectivity index (χ1n) is 9.26. The Bertz CT molecular complexity index is 1030. The summed E-state index contributed by atoms with van der Waals surface area (Å²) in [6.07, 6.45) is 3.79. The van der Waals surface area contributed by atoms with Crippen LogP contribution < -0.4 is 10.6 Å². The van der Waals surface area contributed by atoms with Crippen LogP contribution in [0.1, 0.15) is 28.1 Å². The summed E-state index contributed by atoms with van der Waals surface area (Å²) < 4.78 is 7.80. The van der Waals surface area contributed by atoms with Gasteiger partial charge in [0.15, 0.2) is 0 Å². The number of hydrogen-bond acceptors (Lipinski definition) is 6. The number of anilines is 1. The number of amides is 1. The zero-order chi connectivity index (χ0) is 19.7. The molecule has 1 amide bonds. The highest BCUT2D eigenvalue weighted by molar-refractivity contribution is 7.20. The van der Waals surface area contributed by atoms with Crippen molar-refractivity contribution in [2.24, 2.45) is 13.0 Å². The fourth-order valence-electron chi connectivity index (χ4n) is 3.59. The zero-order valence-corrected chi connectivity index (χ0v) is 17.8. The zero-order valence-electron chi connectivity index (χ0n) is 16.2. The Morgan fingerprint density at radius 2 is 2.17 bits per heavy atom. The first-order valence-corrected chi connectivity index (χ1v) is 10.1. The Morgan fingerprint density at radius 1 is 1.34 bits per heavy atom. The number of rotatable bonds is 5. The minimum Gasteiger partial charge on any atom is -0.462 e. The lowest BCUT2D eigenvalue weighted by molar-refractivity contribution is -0.119. The van der Waals surface area contributed by atoms with Gasteiger partial charge < -0.3 is 15.4 Å². The van der Waals surface area contributed by atoms with Gasteiger partial charge in [0.1, 0.15) is 4.88 Å². The van der Waals surface area contributed by atoms with Crippen LogP contribution >= 0.6 is 23.7 Å². The number of aromatic nitrogens is 2. The van der Waals surface area contributed by atoms with Crippen molar-refractivity contribution in [2.75, 3.05) is 25.0 Å². The second kappa shape index (κ2) is 8.94. The number of thiophene rings is 1. The van der Waals surface area contributed by atoms with Gasteiger partial charge in [-0.1, -0.05) is 0 Å². The standard InChI is InChI=1S/C20H22N4O3S.ClH/c1-3-27-20(26)18-7-12-6-14(4-5-17(12)28-18)23-19(25)16-10-21-9-15(16)13-8-22-24(2)11-13;/h4-8,11,15-16,21H,3,9-10H2,1-2H3,(H,23,25);1H/t15-,16+;/m1./s1. The normalized spacial score (nSPS) is 18.4. The molecule has 1 saturated heterocycles. The van der Waals surface area contributed by atoms with E-state index in [1.807, 2.05) is 43.7 Å². The summed E-state index contributed by atoms with van der Waals surface area (Å²) in [5.74, 6) is -0.379. The third kappa shape index (κ3) is 4.44. The smallest absolute Gasteiger partial charge is 0.348 e. The van der Waals surface area contributed by atoms with E-state index in [0.717, 1.165) is 27.9 Å². The lowest BCUT2D eigenvalue weighted by atomic mass is 9.90. The molecule has 0 bridgehead atoms. The van der Waals surface area contributed by atoms with Gasteiger partial charge in [-0.25, -0.2) is 4.79 Å². The maximum Gasteiger partial charge on any atom is 0.348 e.